The van der Waals surface area contributed by atoms with E-state index in [9.17, 15) is 9.18 Å². The summed E-state index contributed by atoms with van der Waals surface area (Å²) in [5.74, 6) is -0.853. The molecule has 3 aromatic heterocycles. The van der Waals surface area contributed by atoms with Crippen LogP contribution in [0.25, 0.3) is 22.4 Å². The summed E-state index contributed by atoms with van der Waals surface area (Å²) < 4.78 is 19.4. The first-order valence-corrected chi connectivity index (χ1v) is 9.04. The highest BCUT2D eigenvalue weighted by Crippen LogP contribution is 2.29. The fraction of sp³-hybridized carbons (Fsp3) is 0.167. The van der Waals surface area contributed by atoms with E-state index in [2.05, 4.69) is 25.7 Å². The molecule has 1 aromatic carbocycles. The second-order valence-electron chi connectivity index (χ2n) is 5.79. The molecule has 1 N–H and O–H groups in total. The fourth-order valence-corrected chi connectivity index (χ4v) is 3.37. The van der Waals surface area contributed by atoms with Gasteiger partial charge in [0, 0.05) is 5.56 Å². The smallest absolute Gasteiger partial charge is 0.259 e. The zero-order valence-corrected chi connectivity index (χ0v) is 15.3. The Morgan fingerprint density at radius 2 is 2.11 bits per heavy atom. The molecule has 0 fully saturated rings. The lowest BCUT2D eigenvalue weighted by molar-refractivity contribution is 0.102. The Hall–Kier alpha value is -3.20. The Kier molecular flexibility index (Phi) is 4.36. The van der Waals surface area contributed by atoms with Gasteiger partial charge in [0.2, 0.25) is 5.13 Å². The molecule has 0 saturated carbocycles. The summed E-state index contributed by atoms with van der Waals surface area (Å²) in [4.78, 5) is 17.2. The zero-order chi connectivity index (χ0) is 19.0. The summed E-state index contributed by atoms with van der Waals surface area (Å²) in [5, 5.41) is 16.3. The Labute approximate surface area is 157 Å². The highest BCUT2D eigenvalue weighted by atomic mass is 32.1. The first kappa shape index (κ1) is 17.2. The van der Waals surface area contributed by atoms with E-state index in [4.69, 9.17) is 4.52 Å². The summed E-state index contributed by atoms with van der Waals surface area (Å²) in [7, 11) is 0. The van der Waals surface area contributed by atoms with Gasteiger partial charge in [-0.25, -0.2) is 9.37 Å². The van der Waals surface area contributed by atoms with E-state index in [1.165, 1.54) is 23.5 Å². The number of carbonyl (C=O) groups is 1. The minimum Gasteiger partial charge on any atom is -0.335 e. The molecule has 27 heavy (non-hydrogen) atoms. The minimum absolute atomic E-state index is 0.171. The van der Waals surface area contributed by atoms with Crippen LogP contribution >= 0.6 is 11.3 Å². The summed E-state index contributed by atoms with van der Waals surface area (Å²) >= 11 is 1.30. The first-order chi connectivity index (χ1) is 13.1. The first-order valence-electron chi connectivity index (χ1n) is 8.22. The SMILES string of the molecule is CCc1nnc(NC(=O)c2cc(-c3ccccc3F)nc3onc(C)c23)s1. The molecule has 0 aliphatic rings. The molecule has 4 aromatic rings. The number of amides is 1. The molecule has 0 atom stereocenters. The average molecular weight is 383 g/mol. The van der Waals surface area contributed by atoms with Crippen LogP contribution in [-0.4, -0.2) is 26.2 Å². The van der Waals surface area contributed by atoms with Gasteiger partial charge < -0.3 is 4.52 Å². The predicted molar refractivity (Wildman–Crippen MR) is 99.2 cm³/mol. The van der Waals surface area contributed by atoms with E-state index in [1.54, 1.807) is 25.1 Å². The zero-order valence-electron chi connectivity index (χ0n) is 14.5. The standard InChI is InChI=1S/C18H14FN5O2S/c1-3-14-22-23-18(27-14)21-16(25)11-8-13(10-6-4-5-7-12(10)19)20-17-15(11)9(2)24-26-17/h4-8H,3H2,1-2H3,(H,21,23,25). The summed E-state index contributed by atoms with van der Waals surface area (Å²) in [6, 6.07) is 7.74. The van der Waals surface area contributed by atoms with Crippen LogP contribution in [0.4, 0.5) is 9.52 Å². The van der Waals surface area contributed by atoms with Gasteiger partial charge in [-0.1, -0.05) is 35.5 Å². The molecular weight excluding hydrogens is 369 g/mol. The number of halogens is 1. The molecule has 0 unspecified atom stereocenters. The van der Waals surface area contributed by atoms with Crippen LogP contribution in [0.1, 0.15) is 28.0 Å². The third-order valence-corrected chi connectivity index (χ3v) is 4.98. The molecule has 0 aliphatic carbocycles. The van der Waals surface area contributed by atoms with Gasteiger partial charge in [-0.2, -0.15) is 0 Å². The van der Waals surface area contributed by atoms with E-state index < -0.39 is 11.7 Å². The van der Waals surface area contributed by atoms with Crippen LogP contribution < -0.4 is 5.32 Å². The number of nitrogens with one attached hydrogen (secondary N) is 1. The van der Waals surface area contributed by atoms with Gasteiger partial charge in [0.25, 0.3) is 11.6 Å². The third kappa shape index (κ3) is 3.17. The van der Waals surface area contributed by atoms with E-state index >= 15 is 0 Å². The highest BCUT2D eigenvalue weighted by Gasteiger charge is 2.21. The van der Waals surface area contributed by atoms with Gasteiger partial charge in [-0.15, -0.1) is 10.2 Å². The lowest BCUT2D eigenvalue weighted by Gasteiger charge is -2.07. The van der Waals surface area contributed by atoms with Gasteiger partial charge in [-0.3, -0.25) is 10.1 Å². The largest absolute Gasteiger partial charge is 0.335 e. The number of aryl methyl sites for hydroxylation is 2. The molecule has 1 amide bonds. The van der Waals surface area contributed by atoms with Crippen LogP contribution in [0.3, 0.4) is 0 Å². The van der Waals surface area contributed by atoms with E-state index in [1.807, 2.05) is 6.92 Å². The second-order valence-corrected chi connectivity index (χ2v) is 6.85. The van der Waals surface area contributed by atoms with Crippen molar-refractivity contribution in [2.24, 2.45) is 0 Å². The fourth-order valence-electron chi connectivity index (χ4n) is 2.69. The molecule has 0 radical (unpaired) electrons. The van der Waals surface area contributed by atoms with Crippen molar-refractivity contribution in [3.05, 3.63) is 52.4 Å². The van der Waals surface area contributed by atoms with E-state index in [0.717, 1.165) is 11.4 Å². The van der Waals surface area contributed by atoms with Crippen molar-refractivity contribution in [2.75, 3.05) is 5.32 Å². The van der Waals surface area contributed by atoms with Gasteiger partial charge in [0.1, 0.15) is 10.8 Å². The van der Waals surface area contributed by atoms with E-state index in [-0.39, 0.29) is 22.5 Å². The van der Waals surface area contributed by atoms with Gasteiger partial charge in [0.15, 0.2) is 0 Å². The van der Waals surface area contributed by atoms with Crippen molar-refractivity contribution in [3.63, 3.8) is 0 Å². The number of nitrogens with zero attached hydrogens (tertiary/aromatic N) is 4. The Morgan fingerprint density at radius 3 is 2.85 bits per heavy atom. The molecule has 9 heteroatoms. The number of fused-ring (bicyclic) bond motifs is 1. The molecular formula is C18H14FN5O2S. The number of benzene rings is 1. The van der Waals surface area contributed by atoms with Crippen molar-refractivity contribution >= 4 is 33.5 Å². The van der Waals surface area contributed by atoms with Crippen molar-refractivity contribution in [1.29, 1.82) is 0 Å². The Bertz CT molecular complexity index is 1150. The maximum absolute atomic E-state index is 14.2. The molecule has 136 valence electrons. The van der Waals surface area contributed by atoms with Gasteiger partial charge in [-0.05, 0) is 31.5 Å². The number of aromatic nitrogens is 4. The Morgan fingerprint density at radius 1 is 1.30 bits per heavy atom. The number of anilines is 1. The Balaban J connectivity index is 1.81. The predicted octanol–water partition coefficient (Wildman–Crippen LogP) is 4.00. The topological polar surface area (TPSA) is 93.8 Å². The molecule has 0 saturated heterocycles. The number of rotatable bonds is 4. The van der Waals surface area contributed by atoms with Crippen LogP contribution in [0.5, 0.6) is 0 Å². The quantitative estimate of drug-likeness (QED) is 0.572. The van der Waals surface area contributed by atoms with Crippen molar-refractivity contribution in [3.8, 4) is 11.3 Å². The number of carbonyl (C=O) groups excluding carboxylic acids is 1. The maximum atomic E-state index is 14.2. The molecule has 0 spiro atoms. The second kappa shape index (κ2) is 6.84. The van der Waals surface area contributed by atoms with Crippen LogP contribution in [0, 0.1) is 12.7 Å². The molecule has 3 heterocycles. The molecule has 0 bridgehead atoms. The van der Waals surface area contributed by atoms with Crippen LogP contribution in [-0.2, 0) is 6.42 Å². The highest BCUT2D eigenvalue weighted by molar-refractivity contribution is 7.15. The van der Waals surface area contributed by atoms with Gasteiger partial charge >= 0.3 is 0 Å². The average Bonchev–Trinajstić information content (AvgIpc) is 3.28. The lowest BCUT2D eigenvalue weighted by Crippen LogP contribution is -2.13. The van der Waals surface area contributed by atoms with Crippen molar-refractivity contribution in [2.45, 2.75) is 20.3 Å². The molecule has 0 aliphatic heterocycles. The number of hydrogen-bond acceptors (Lipinski definition) is 7. The lowest BCUT2D eigenvalue weighted by atomic mass is 10.0. The monoisotopic (exact) mass is 383 g/mol. The van der Waals surface area contributed by atoms with Crippen molar-refractivity contribution < 1.29 is 13.7 Å². The van der Waals surface area contributed by atoms with Crippen LogP contribution in [0.2, 0.25) is 0 Å². The summed E-state index contributed by atoms with van der Waals surface area (Å²) in [5.41, 5.74) is 1.53. The van der Waals surface area contributed by atoms with Crippen LogP contribution in [0.15, 0.2) is 34.9 Å². The third-order valence-electron chi connectivity index (χ3n) is 4.00. The summed E-state index contributed by atoms with van der Waals surface area (Å²) in [6.45, 7) is 3.67. The number of pyridine rings is 1. The van der Waals surface area contributed by atoms with Gasteiger partial charge in [0.05, 0.1) is 22.3 Å². The summed E-state index contributed by atoms with van der Waals surface area (Å²) in [6.07, 6.45) is 0.731. The normalized spacial score (nSPS) is 11.1. The maximum Gasteiger partial charge on any atom is 0.259 e. The number of hydrogen-bond donors (Lipinski definition) is 1. The van der Waals surface area contributed by atoms with E-state index in [0.29, 0.717) is 16.2 Å². The van der Waals surface area contributed by atoms with Crippen molar-refractivity contribution in [1.82, 2.24) is 20.3 Å². The molecule has 7 nitrogen and oxygen atoms in total. The minimum atomic E-state index is -0.441. The molecule has 4 rings (SSSR count).